The second kappa shape index (κ2) is 9.47. The molecule has 0 aliphatic heterocycles. The summed E-state index contributed by atoms with van der Waals surface area (Å²) in [5.74, 6) is 0.963. The maximum absolute atomic E-state index is 13.1. The van der Waals surface area contributed by atoms with Crippen molar-refractivity contribution in [2.45, 2.75) is 26.3 Å². The first-order valence-electron chi connectivity index (χ1n) is 11.3. The lowest BCUT2D eigenvalue weighted by Gasteiger charge is -2.12. The monoisotopic (exact) mass is 454 g/mol. The molecular weight excluding hydrogens is 424 g/mol. The molecule has 0 bridgehead atoms. The molecule has 0 fully saturated rings. The predicted octanol–water partition coefficient (Wildman–Crippen LogP) is 4.53. The second-order valence-electron chi connectivity index (χ2n) is 8.91. The van der Waals surface area contributed by atoms with Crippen LogP contribution in [0.4, 0.5) is 0 Å². The molecule has 0 atom stereocenters. The molecule has 0 radical (unpaired) electrons. The van der Waals surface area contributed by atoms with Gasteiger partial charge in [-0.3, -0.25) is 14.1 Å². The number of fused-ring (bicyclic) bond motifs is 1. The largest absolute Gasteiger partial charge is 0.382 e. The van der Waals surface area contributed by atoms with Gasteiger partial charge in [-0.1, -0.05) is 62.4 Å². The van der Waals surface area contributed by atoms with Crippen molar-refractivity contribution in [3.63, 3.8) is 0 Å². The molecule has 0 amide bonds. The van der Waals surface area contributed by atoms with Crippen molar-refractivity contribution < 1.29 is 0 Å². The van der Waals surface area contributed by atoms with Gasteiger partial charge in [-0.2, -0.15) is 0 Å². The van der Waals surface area contributed by atoms with E-state index in [2.05, 4.69) is 36.6 Å². The molecule has 4 rings (SSSR count). The van der Waals surface area contributed by atoms with Crippen LogP contribution in [-0.4, -0.2) is 44.8 Å². The van der Waals surface area contributed by atoms with Gasteiger partial charge in [0.05, 0.1) is 18.4 Å². The molecule has 2 heterocycles. The average molecular weight is 455 g/mol. The molecule has 0 N–H and O–H groups in total. The minimum absolute atomic E-state index is 0.122. The van der Waals surface area contributed by atoms with Gasteiger partial charge in [0.1, 0.15) is 5.52 Å². The molecule has 0 spiro atoms. The quantitative estimate of drug-likeness (QED) is 0.385. The number of aliphatic imine (C=N–C) groups is 1. The molecule has 0 unspecified atom stereocenters. The number of aryl methyl sites for hydroxylation is 1. The Hall–Kier alpha value is -4.00. The van der Waals surface area contributed by atoms with Crippen LogP contribution in [0.5, 0.6) is 0 Å². The van der Waals surface area contributed by atoms with E-state index >= 15 is 0 Å². The Bertz CT molecular complexity index is 1420. The zero-order chi connectivity index (χ0) is 24.4. The van der Waals surface area contributed by atoms with Crippen molar-refractivity contribution in [2.75, 3.05) is 14.1 Å². The Kier molecular flexibility index (Phi) is 6.45. The highest BCUT2D eigenvalue weighted by Crippen LogP contribution is 2.27. The standard InChI is InChI=1S/C27H30N6O/c1-18(2)21-9-7-8-10-22(21)25-29-15-24-26(30-25)33(27(34)32(24)6)16-19-11-13-20(14-12-19)23(28-3)17-31(4)5/h7-15,17-18H,3,16H2,1-2,4-6H3/b23-17-. The summed E-state index contributed by atoms with van der Waals surface area (Å²) < 4.78 is 3.30. The summed E-state index contributed by atoms with van der Waals surface area (Å²) in [7, 11) is 5.65. The van der Waals surface area contributed by atoms with Crippen LogP contribution < -0.4 is 5.69 Å². The van der Waals surface area contributed by atoms with Gasteiger partial charge in [-0.25, -0.2) is 14.8 Å². The van der Waals surface area contributed by atoms with Crippen molar-refractivity contribution in [1.29, 1.82) is 0 Å². The summed E-state index contributed by atoms with van der Waals surface area (Å²) >= 11 is 0. The predicted molar refractivity (Wildman–Crippen MR) is 139 cm³/mol. The van der Waals surface area contributed by atoms with Crippen LogP contribution in [0.15, 0.2) is 70.7 Å². The van der Waals surface area contributed by atoms with E-state index in [1.54, 1.807) is 22.4 Å². The minimum atomic E-state index is -0.122. The average Bonchev–Trinajstić information content (AvgIpc) is 3.07. The Balaban J connectivity index is 1.75. The lowest BCUT2D eigenvalue weighted by Crippen LogP contribution is -2.22. The van der Waals surface area contributed by atoms with Gasteiger partial charge in [-0.05, 0) is 23.8 Å². The molecule has 4 aromatic rings. The lowest BCUT2D eigenvalue weighted by molar-refractivity contribution is 0.565. The molecule has 0 saturated carbocycles. The molecule has 7 heteroatoms. The van der Waals surface area contributed by atoms with Crippen LogP contribution >= 0.6 is 0 Å². The molecule has 0 aliphatic rings. The van der Waals surface area contributed by atoms with Crippen molar-refractivity contribution in [3.8, 4) is 11.4 Å². The first-order chi connectivity index (χ1) is 16.3. The SMILES string of the molecule is C=N/C(=C\N(C)C)c1ccc(Cn2c(=O)n(C)c3cnc(-c4ccccc4C(C)C)nc32)cc1. The molecular formula is C27H30N6O. The summed E-state index contributed by atoms with van der Waals surface area (Å²) in [5.41, 5.74) is 6.13. The number of aromatic nitrogens is 4. The van der Waals surface area contributed by atoms with Gasteiger partial charge >= 0.3 is 5.69 Å². The van der Waals surface area contributed by atoms with Crippen LogP contribution in [0.25, 0.3) is 28.2 Å². The number of imidazole rings is 1. The van der Waals surface area contributed by atoms with Gasteiger partial charge in [0.25, 0.3) is 0 Å². The Morgan fingerprint density at radius 2 is 1.85 bits per heavy atom. The fourth-order valence-electron chi connectivity index (χ4n) is 4.07. The van der Waals surface area contributed by atoms with E-state index < -0.39 is 0 Å². The van der Waals surface area contributed by atoms with E-state index in [0.717, 1.165) is 22.4 Å². The molecule has 174 valence electrons. The number of nitrogens with zero attached hydrogens (tertiary/aromatic N) is 6. The number of hydrogen-bond donors (Lipinski definition) is 0. The third kappa shape index (κ3) is 4.41. The molecule has 7 nitrogen and oxygen atoms in total. The fraction of sp³-hybridized carbons (Fsp3) is 0.259. The van der Waals surface area contributed by atoms with Crippen LogP contribution in [0, 0.1) is 0 Å². The molecule has 2 aromatic heterocycles. The molecule has 2 aromatic carbocycles. The van der Waals surface area contributed by atoms with E-state index in [-0.39, 0.29) is 5.69 Å². The molecule has 0 aliphatic carbocycles. The highest BCUT2D eigenvalue weighted by atomic mass is 16.1. The van der Waals surface area contributed by atoms with Crippen LogP contribution in [0.1, 0.15) is 36.5 Å². The fourth-order valence-corrected chi connectivity index (χ4v) is 4.07. The lowest BCUT2D eigenvalue weighted by atomic mass is 9.97. The normalized spacial score (nSPS) is 11.9. The third-order valence-corrected chi connectivity index (χ3v) is 5.85. The second-order valence-corrected chi connectivity index (χ2v) is 8.91. The maximum Gasteiger partial charge on any atom is 0.330 e. The van der Waals surface area contributed by atoms with Gasteiger partial charge in [0, 0.05) is 38.5 Å². The number of rotatable bonds is 7. The van der Waals surface area contributed by atoms with Crippen molar-refractivity contribution in [3.05, 3.63) is 88.1 Å². The summed E-state index contributed by atoms with van der Waals surface area (Å²) in [5, 5.41) is 0. The van der Waals surface area contributed by atoms with Crippen molar-refractivity contribution in [1.82, 2.24) is 24.0 Å². The number of hydrogen-bond acceptors (Lipinski definition) is 5. The highest BCUT2D eigenvalue weighted by molar-refractivity contribution is 5.74. The highest BCUT2D eigenvalue weighted by Gasteiger charge is 2.17. The Morgan fingerprint density at radius 3 is 2.50 bits per heavy atom. The van der Waals surface area contributed by atoms with Crippen molar-refractivity contribution >= 4 is 23.6 Å². The van der Waals surface area contributed by atoms with Gasteiger partial charge in [0.2, 0.25) is 0 Å². The maximum atomic E-state index is 13.1. The summed E-state index contributed by atoms with van der Waals surface area (Å²) in [4.78, 5) is 28.6. The molecule has 34 heavy (non-hydrogen) atoms. The topological polar surface area (TPSA) is 68.3 Å². The summed E-state index contributed by atoms with van der Waals surface area (Å²) in [6.45, 7) is 8.39. The van der Waals surface area contributed by atoms with E-state index in [4.69, 9.17) is 4.98 Å². The zero-order valence-corrected chi connectivity index (χ0v) is 20.4. The van der Waals surface area contributed by atoms with Gasteiger partial charge in [0.15, 0.2) is 11.5 Å². The van der Waals surface area contributed by atoms with Crippen molar-refractivity contribution in [2.24, 2.45) is 12.0 Å². The molecule has 0 saturated heterocycles. The number of benzene rings is 2. The van der Waals surface area contributed by atoms with Crippen LogP contribution in [0.2, 0.25) is 0 Å². The minimum Gasteiger partial charge on any atom is -0.382 e. The van der Waals surface area contributed by atoms with E-state index in [1.807, 2.05) is 67.7 Å². The van der Waals surface area contributed by atoms with E-state index in [9.17, 15) is 4.79 Å². The first-order valence-corrected chi connectivity index (χ1v) is 11.3. The Labute approximate surface area is 199 Å². The van der Waals surface area contributed by atoms with Gasteiger partial charge < -0.3 is 4.90 Å². The first kappa shape index (κ1) is 23.2. The van der Waals surface area contributed by atoms with Gasteiger partial charge in [-0.15, -0.1) is 0 Å². The van der Waals surface area contributed by atoms with Crippen LogP contribution in [0.3, 0.4) is 0 Å². The smallest absolute Gasteiger partial charge is 0.330 e. The third-order valence-electron chi connectivity index (χ3n) is 5.85. The summed E-state index contributed by atoms with van der Waals surface area (Å²) in [6.07, 6.45) is 3.66. The zero-order valence-electron chi connectivity index (χ0n) is 20.4. The van der Waals surface area contributed by atoms with Crippen LogP contribution in [-0.2, 0) is 13.6 Å². The summed E-state index contributed by atoms with van der Waals surface area (Å²) in [6, 6.07) is 16.2. The Morgan fingerprint density at radius 1 is 1.15 bits per heavy atom. The van der Waals surface area contributed by atoms with E-state index in [0.29, 0.717) is 29.5 Å². The van der Waals surface area contributed by atoms with E-state index in [1.165, 1.54) is 5.56 Å².